The summed E-state index contributed by atoms with van der Waals surface area (Å²) in [5, 5.41) is 20.5. The van der Waals surface area contributed by atoms with E-state index in [2.05, 4.69) is 5.28 Å². The summed E-state index contributed by atoms with van der Waals surface area (Å²) >= 11 is 0. The third-order valence-electron chi connectivity index (χ3n) is 1.05. The highest BCUT2D eigenvalue weighted by molar-refractivity contribution is 4.32. The molecule has 0 amide bonds. The second-order valence-corrected chi connectivity index (χ2v) is 1.87. The first-order valence-electron chi connectivity index (χ1n) is 3.11. The molecule has 0 saturated heterocycles. The molecule has 0 heterocycles. The fourth-order valence-corrected chi connectivity index (χ4v) is 0.542. The molecule has 0 atom stereocenters. The zero-order chi connectivity index (χ0) is 7.11. The van der Waals surface area contributed by atoms with E-state index in [1.807, 2.05) is 6.92 Å². The molecule has 0 aromatic heterocycles. The fourth-order valence-electron chi connectivity index (χ4n) is 0.542. The van der Waals surface area contributed by atoms with Gasteiger partial charge in [-0.25, -0.2) is 0 Å². The number of hydrogen-bond acceptors (Lipinski definition) is 2. The van der Waals surface area contributed by atoms with Crippen LogP contribution in [0, 0.1) is 5.21 Å². The van der Waals surface area contributed by atoms with E-state index in [0.717, 1.165) is 19.3 Å². The Balaban J connectivity index is 3.07. The Labute approximate surface area is 54.4 Å². The quantitative estimate of drug-likeness (QED) is 0.273. The van der Waals surface area contributed by atoms with E-state index in [0.29, 0.717) is 6.54 Å². The largest absolute Gasteiger partial charge is 0.597 e. The minimum Gasteiger partial charge on any atom is -0.597 e. The van der Waals surface area contributed by atoms with E-state index >= 15 is 0 Å². The number of unbranched alkanes of at least 4 members (excludes halogenated alkanes) is 2. The molecule has 0 rings (SSSR count). The van der Waals surface area contributed by atoms with Crippen molar-refractivity contribution in [1.29, 1.82) is 0 Å². The standard InChI is InChI=1S/C5H12N2O2/c1-2-3-4-5-7(9)6-8/h8H,2-5H2,1H3. The maximum absolute atomic E-state index is 10.2. The Morgan fingerprint density at radius 1 is 1.56 bits per heavy atom. The third-order valence-corrected chi connectivity index (χ3v) is 1.05. The SMILES string of the molecule is CCCCC[N+]([O-])=NO. The summed E-state index contributed by atoms with van der Waals surface area (Å²) in [6.45, 7) is 2.34. The van der Waals surface area contributed by atoms with Gasteiger partial charge in [0.1, 0.15) is 0 Å². The summed E-state index contributed by atoms with van der Waals surface area (Å²) in [6, 6.07) is 0. The lowest BCUT2D eigenvalue weighted by molar-refractivity contribution is -0.556. The van der Waals surface area contributed by atoms with Gasteiger partial charge in [-0.1, -0.05) is 18.2 Å². The minimum atomic E-state index is 0.287. The van der Waals surface area contributed by atoms with Crippen molar-refractivity contribution in [1.82, 2.24) is 0 Å². The summed E-state index contributed by atoms with van der Waals surface area (Å²) < 4.78 is 0. The first kappa shape index (κ1) is 8.20. The van der Waals surface area contributed by atoms with E-state index in [4.69, 9.17) is 5.21 Å². The maximum Gasteiger partial charge on any atom is 0.197 e. The maximum atomic E-state index is 10.2. The van der Waals surface area contributed by atoms with Crippen LogP contribution in [-0.2, 0) is 0 Å². The molecular weight excluding hydrogens is 120 g/mol. The van der Waals surface area contributed by atoms with Crippen LogP contribution in [-0.4, -0.2) is 16.6 Å². The van der Waals surface area contributed by atoms with Crippen LogP contribution in [0.25, 0.3) is 0 Å². The minimum absolute atomic E-state index is 0.287. The van der Waals surface area contributed by atoms with Gasteiger partial charge in [0.15, 0.2) is 11.8 Å². The molecule has 0 saturated carbocycles. The zero-order valence-electron chi connectivity index (χ0n) is 5.58. The Kier molecular flexibility index (Phi) is 4.86. The van der Waals surface area contributed by atoms with Gasteiger partial charge in [0.25, 0.3) is 0 Å². The summed E-state index contributed by atoms with van der Waals surface area (Å²) in [5.74, 6) is 0. The molecule has 0 radical (unpaired) electrons. The number of nitrogens with zero attached hydrogens (tertiary/aromatic N) is 2. The topological polar surface area (TPSA) is 58.7 Å². The molecule has 0 aromatic rings. The lowest BCUT2D eigenvalue weighted by Gasteiger charge is -1.95. The highest BCUT2D eigenvalue weighted by Gasteiger charge is 1.92. The van der Waals surface area contributed by atoms with E-state index < -0.39 is 0 Å². The monoisotopic (exact) mass is 132 g/mol. The van der Waals surface area contributed by atoms with Gasteiger partial charge in [0, 0.05) is 6.42 Å². The van der Waals surface area contributed by atoms with Crippen molar-refractivity contribution in [2.75, 3.05) is 6.54 Å². The van der Waals surface area contributed by atoms with E-state index in [1.165, 1.54) is 0 Å². The normalized spacial score (nSPS) is 11.9. The van der Waals surface area contributed by atoms with Crippen molar-refractivity contribution in [2.45, 2.75) is 26.2 Å². The van der Waals surface area contributed by atoms with Gasteiger partial charge in [-0.15, -0.1) is 0 Å². The summed E-state index contributed by atoms with van der Waals surface area (Å²) in [5.41, 5.74) is 0. The van der Waals surface area contributed by atoms with Gasteiger partial charge in [-0.3, -0.25) is 0 Å². The third kappa shape index (κ3) is 5.06. The lowest BCUT2D eigenvalue weighted by Crippen LogP contribution is -2.01. The number of hydrogen-bond donors (Lipinski definition) is 1. The van der Waals surface area contributed by atoms with Crippen LogP contribution >= 0.6 is 0 Å². The molecule has 9 heavy (non-hydrogen) atoms. The van der Waals surface area contributed by atoms with Crippen LogP contribution in [0.3, 0.4) is 0 Å². The van der Waals surface area contributed by atoms with Crippen LogP contribution in [0.4, 0.5) is 0 Å². The molecule has 0 bridgehead atoms. The van der Waals surface area contributed by atoms with Gasteiger partial charge in [-0.2, -0.15) is 0 Å². The van der Waals surface area contributed by atoms with Crippen LogP contribution in [0.2, 0.25) is 0 Å². The number of rotatable bonds is 4. The fraction of sp³-hybridized carbons (Fsp3) is 1.00. The van der Waals surface area contributed by atoms with Gasteiger partial charge in [0.2, 0.25) is 0 Å². The average molecular weight is 132 g/mol. The summed E-state index contributed by atoms with van der Waals surface area (Å²) in [4.78, 5) is 0.287. The predicted octanol–water partition coefficient (Wildman–Crippen LogP) is 1.53. The molecule has 1 N–H and O–H groups in total. The van der Waals surface area contributed by atoms with E-state index in [-0.39, 0.29) is 4.86 Å². The van der Waals surface area contributed by atoms with Crippen LogP contribution in [0.1, 0.15) is 26.2 Å². The highest BCUT2D eigenvalue weighted by atomic mass is 16.6. The summed E-state index contributed by atoms with van der Waals surface area (Å²) in [6.07, 6.45) is 2.87. The molecule has 0 spiro atoms. The van der Waals surface area contributed by atoms with Gasteiger partial charge >= 0.3 is 0 Å². The smallest absolute Gasteiger partial charge is 0.197 e. The van der Waals surface area contributed by atoms with Crippen LogP contribution in [0.5, 0.6) is 0 Å². The highest BCUT2D eigenvalue weighted by Crippen LogP contribution is 1.92. The Morgan fingerprint density at radius 2 is 2.22 bits per heavy atom. The van der Waals surface area contributed by atoms with Crippen LogP contribution < -0.4 is 0 Å². The lowest BCUT2D eigenvalue weighted by atomic mass is 10.3. The molecule has 0 aliphatic rings. The molecule has 0 aliphatic heterocycles. The van der Waals surface area contributed by atoms with Gasteiger partial charge in [0.05, 0.1) is 0 Å². The van der Waals surface area contributed by atoms with Crippen molar-refractivity contribution in [2.24, 2.45) is 5.28 Å². The zero-order valence-corrected chi connectivity index (χ0v) is 5.58. The van der Waals surface area contributed by atoms with E-state index in [1.54, 1.807) is 0 Å². The predicted molar refractivity (Wildman–Crippen MR) is 32.2 cm³/mol. The molecule has 4 nitrogen and oxygen atoms in total. The molecule has 0 unspecified atom stereocenters. The van der Waals surface area contributed by atoms with Crippen molar-refractivity contribution in [3.05, 3.63) is 5.21 Å². The first-order chi connectivity index (χ1) is 4.31. The van der Waals surface area contributed by atoms with Crippen molar-refractivity contribution >= 4 is 0 Å². The molecule has 0 fully saturated rings. The van der Waals surface area contributed by atoms with Crippen molar-refractivity contribution < 1.29 is 10.1 Å². The average Bonchev–Trinajstić information content (AvgIpc) is 1.89. The molecule has 0 aromatic carbocycles. The van der Waals surface area contributed by atoms with Crippen molar-refractivity contribution in [3.8, 4) is 0 Å². The Hall–Kier alpha value is -0.800. The molecule has 54 valence electrons. The summed E-state index contributed by atoms with van der Waals surface area (Å²) in [7, 11) is 0. The number of hydroxylamine groups is 1. The molecule has 0 aliphatic carbocycles. The van der Waals surface area contributed by atoms with Crippen molar-refractivity contribution in [3.63, 3.8) is 0 Å². The Bertz CT molecular complexity index is 93.0. The van der Waals surface area contributed by atoms with Gasteiger partial charge in [-0.05, 0) is 6.42 Å². The molecule has 4 heteroatoms. The second kappa shape index (κ2) is 5.34. The molecular formula is C5H12N2O2. The second-order valence-electron chi connectivity index (χ2n) is 1.87. The van der Waals surface area contributed by atoms with Gasteiger partial charge < -0.3 is 10.4 Å². The van der Waals surface area contributed by atoms with Crippen LogP contribution in [0.15, 0.2) is 5.28 Å². The first-order valence-corrected chi connectivity index (χ1v) is 3.11. The Morgan fingerprint density at radius 3 is 2.67 bits per heavy atom. The van der Waals surface area contributed by atoms with E-state index in [9.17, 15) is 5.21 Å².